The molecule has 0 spiro atoms. The summed E-state index contributed by atoms with van der Waals surface area (Å²) >= 11 is 0. The lowest BCUT2D eigenvalue weighted by atomic mass is 9.54. The number of carboxylic acids is 1. The van der Waals surface area contributed by atoms with Gasteiger partial charge in [0.25, 0.3) is 0 Å². The van der Waals surface area contributed by atoms with Gasteiger partial charge in [-0.05, 0) is 34.1 Å². The molecular weight excluding hydrogens is 374 g/mol. The van der Waals surface area contributed by atoms with Crippen molar-refractivity contribution in [3.63, 3.8) is 0 Å². The van der Waals surface area contributed by atoms with E-state index < -0.39 is 17.8 Å². The van der Waals surface area contributed by atoms with Crippen LogP contribution >= 0.6 is 0 Å². The quantitative estimate of drug-likeness (QED) is 0.755. The molecule has 0 unspecified atom stereocenters. The van der Waals surface area contributed by atoms with Gasteiger partial charge in [-0.15, -0.1) is 0 Å². The van der Waals surface area contributed by atoms with Crippen LogP contribution in [0.4, 0.5) is 0 Å². The molecule has 0 radical (unpaired) electrons. The maximum absolute atomic E-state index is 14.0. The van der Waals surface area contributed by atoms with E-state index in [1.807, 2.05) is 41.3 Å². The zero-order chi connectivity index (χ0) is 21.6. The Kier molecular flexibility index (Phi) is 5.44. The smallest absolute Gasteiger partial charge is 0.308 e. The predicted molar refractivity (Wildman–Crippen MR) is 117 cm³/mol. The van der Waals surface area contributed by atoms with Gasteiger partial charge in [-0.3, -0.25) is 9.59 Å². The minimum atomic E-state index is -0.874. The van der Waals surface area contributed by atoms with E-state index in [0.29, 0.717) is 24.9 Å². The van der Waals surface area contributed by atoms with Crippen LogP contribution in [-0.2, 0) is 9.59 Å². The largest absolute Gasteiger partial charge is 0.481 e. The second-order valence-electron chi connectivity index (χ2n) is 9.63. The third kappa shape index (κ3) is 3.32. The van der Waals surface area contributed by atoms with E-state index in [9.17, 15) is 14.7 Å². The molecule has 5 rings (SSSR count). The van der Waals surface area contributed by atoms with E-state index in [0.717, 1.165) is 22.3 Å². The second kappa shape index (κ2) is 7.90. The van der Waals surface area contributed by atoms with Gasteiger partial charge in [-0.2, -0.15) is 0 Å². The van der Waals surface area contributed by atoms with E-state index >= 15 is 0 Å². The summed E-state index contributed by atoms with van der Waals surface area (Å²) < 4.78 is 0. The van der Waals surface area contributed by atoms with E-state index in [-0.39, 0.29) is 17.7 Å². The monoisotopic (exact) mass is 405 g/mol. The zero-order valence-electron chi connectivity index (χ0n) is 18.2. The molecule has 2 atom stereocenters. The lowest BCUT2D eigenvalue weighted by Gasteiger charge is -2.49. The third-order valence-corrected chi connectivity index (χ3v) is 6.49. The van der Waals surface area contributed by atoms with E-state index in [2.05, 4.69) is 39.8 Å². The van der Waals surface area contributed by atoms with Crippen molar-refractivity contribution in [2.45, 2.75) is 39.5 Å². The van der Waals surface area contributed by atoms with Crippen molar-refractivity contribution >= 4 is 11.9 Å². The molecule has 0 aliphatic heterocycles. The minimum absolute atomic E-state index is 0.0104. The molecule has 4 heteroatoms. The predicted octanol–water partition coefficient (Wildman–Crippen LogP) is 4.74. The highest BCUT2D eigenvalue weighted by Gasteiger charge is 2.56. The average Bonchev–Trinajstić information content (AvgIpc) is 2.71. The number of aliphatic carboxylic acids is 1. The summed E-state index contributed by atoms with van der Waals surface area (Å²) in [6.45, 7) is 9.72. The van der Waals surface area contributed by atoms with Gasteiger partial charge in [-0.25, -0.2) is 0 Å². The molecule has 0 saturated carbocycles. The van der Waals surface area contributed by atoms with Crippen molar-refractivity contribution in [1.82, 2.24) is 4.90 Å². The maximum atomic E-state index is 14.0. The number of amides is 1. The standard InChI is InChI=1S/C26H31NO3/c1-15(2)13-27(14-16(3)4)25(28)23-21-17-9-5-7-11-19(17)22(24(23)26(29)30)20-12-8-6-10-18(20)21/h5-12,15-16,21-24H,13-14H2,1-4H3,(H,29,30)/t21?,22?,23-,24-/m0/s1. The highest BCUT2D eigenvalue weighted by molar-refractivity contribution is 5.90. The SMILES string of the molecule is CC(C)CN(CC(C)C)C(=O)[C@H]1C2c3ccccc3C(c3ccccc32)[C@@H]1C(=O)O. The number of rotatable bonds is 6. The number of nitrogens with zero attached hydrogens (tertiary/aromatic N) is 1. The third-order valence-electron chi connectivity index (χ3n) is 6.49. The van der Waals surface area contributed by atoms with Crippen LogP contribution in [0.3, 0.4) is 0 Å². The Morgan fingerprint density at radius 2 is 1.13 bits per heavy atom. The first-order valence-corrected chi connectivity index (χ1v) is 11.0. The fourth-order valence-corrected chi connectivity index (χ4v) is 5.62. The summed E-state index contributed by atoms with van der Waals surface area (Å²) in [5, 5.41) is 10.3. The molecule has 30 heavy (non-hydrogen) atoms. The van der Waals surface area contributed by atoms with Gasteiger partial charge in [0.05, 0.1) is 11.8 Å². The van der Waals surface area contributed by atoms with Gasteiger partial charge >= 0.3 is 5.97 Å². The summed E-state index contributed by atoms with van der Waals surface area (Å²) in [7, 11) is 0. The van der Waals surface area contributed by atoms with Gasteiger partial charge in [-0.1, -0.05) is 76.2 Å². The van der Waals surface area contributed by atoms with Gasteiger partial charge in [0, 0.05) is 24.9 Å². The molecule has 3 aliphatic rings. The van der Waals surface area contributed by atoms with Gasteiger partial charge in [0.15, 0.2) is 0 Å². The average molecular weight is 406 g/mol. The van der Waals surface area contributed by atoms with Crippen LogP contribution in [0.15, 0.2) is 48.5 Å². The molecule has 4 nitrogen and oxygen atoms in total. The first kappa shape index (κ1) is 20.6. The molecule has 0 aromatic heterocycles. The molecule has 0 saturated heterocycles. The summed E-state index contributed by atoms with van der Waals surface area (Å²) in [5.74, 6) is -2.03. The van der Waals surface area contributed by atoms with Crippen LogP contribution in [0, 0.1) is 23.7 Å². The number of fused-ring (bicyclic) bond motifs is 1. The van der Waals surface area contributed by atoms with E-state index in [1.165, 1.54) is 0 Å². The van der Waals surface area contributed by atoms with Crippen LogP contribution in [0.2, 0.25) is 0 Å². The lowest BCUT2D eigenvalue weighted by Crippen LogP contribution is -2.52. The molecule has 158 valence electrons. The number of carbonyl (C=O) groups is 2. The Labute approximate surface area is 178 Å². The molecule has 1 amide bonds. The van der Waals surface area contributed by atoms with Crippen LogP contribution in [-0.4, -0.2) is 35.0 Å². The van der Waals surface area contributed by atoms with Crippen molar-refractivity contribution in [1.29, 1.82) is 0 Å². The fraction of sp³-hybridized carbons (Fsp3) is 0.462. The van der Waals surface area contributed by atoms with E-state index in [1.54, 1.807) is 0 Å². The number of hydrogen-bond acceptors (Lipinski definition) is 2. The minimum Gasteiger partial charge on any atom is -0.481 e. The topological polar surface area (TPSA) is 57.6 Å². The maximum Gasteiger partial charge on any atom is 0.308 e. The first-order chi connectivity index (χ1) is 14.3. The molecule has 2 bridgehead atoms. The van der Waals surface area contributed by atoms with E-state index in [4.69, 9.17) is 0 Å². The molecule has 3 aliphatic carbocycles. The number of benzene rings is 2. The van der Waals surface area contributed by atoms with Gasteiger partial charge in [0.1, 0.15) is 0 Å². The molecule has 0 heterocycles. The molecule has 0 fully saturated rings. The number of carboxylic acid groups (broad SMARTS) is 1. The van der Waals surface area contributed by atoms with Crippen LogP contribution in [0.1, 0.15) is 61.8 Å². The zero-order valence-corrected chi connectivity index (χ0v) is 18.2. The number of carbonyl (C=O) groups excluding carboxylic acids is 1. The van der Waals surface area contributed by atoms with Gasteiger partial charge < -0.3 is 10.0 Å². The van der Waals surface area contributed by atoms with Crippen molar-refractivity contribution < 1.29 is 14.7 Å². The van der Waals surface area contributed by atoms with Crippen molar-refractivity contribution in [3.8, 4) is 0 Å². The molecule has 2 aromatic carbocycles. The summed E-state index contributed by atoms with van der Waals surface area (Å²) in [4.78, 5) is 28.4. The highest BCUT2D eigenvalue weighted by Crippen LogP contribution is 2.58. The summed E-state index contributed by atoms with van der Waals surface area (Å²) in [6, 6.07) is 16.2. The Hall–Kier alpha value is -2.62. The Morgan fingerprint density at radius 3 is 1.47 bits per heavy atom. The number of hydrogen-bond donors (Lipinski definition) is 1. The molecular formula is C26H31NO3. The highest BCUT2D eigenvalue weighted by atomic mass is 16.4. The van der Waals surface area contributed by atoms with Crippen molar-refractivity contribution in [2.24, 2.45) is 23.7 Å². The summed E-state index contributed by atoms with van der Waals surface area (Å²) in [5.41, 5.74) is 4.37. The second-order valence-corrected chi connectivity index (χ2v) is 9.63. The lowest BCUT2D eigenvalue weighted by molar-refractivity contribution is -0.153. The molecule has 1 N–H and O–H groups in total. The van der Waals surface area contributed by atoms with Crippen molar-refractivity contribution in [3.05, 3.63) is 70.8 Å². The molecule has 2 aromatic rings. The van der Waals surface area contributed by atoms with Crippen molar-refractivity contribution in [2.75, 3.05) is 13.1 Å². The normalized spacial score (nSPS) is 23.9. The Bertz CT molecular complexity index is 907. The summed E-state index contributed by atoms with van der Waals surface area (Å²) in [6.07, 6.45) is 0. The van der Waals surface area contributed by atoms with Crippen LogP contribution in [0.25, 0.3) is 0 Å². The first-order valence-electron chi connectivity index (χ1n) is 11.0. The Balaban J connectivity index is 1.87. The Morgan fingerprint density at radius 1 is 0.767 bits per heavy atom. The van der Waals surface area contributed by atoms with Gasteiger partial charge in [0.2, 0.25) is 5.91 Å². The van der Waals surface area contributed by atoms with Crippen LogP contribution < -0.4 is 0 Å². The fourth-order valence-electron chi connectivity index (χ4n) is 5.62. The van der Waals surface area contributed by atoms with Crippen LogP contribution in [0.5, 0.6) is 0 Å².